The first-order valence-electron chi connectivity index (χ1n) is 4.19. The van der Waals surface area contributed by atoms with E-state index in [1.54, 1.807) is 18.2 Å². The first kappa shape index (κ1) is 10.9. The number of hydrogen-bond acceptors (Lipinski definition) is 3. The predicted molar refractivity (Wildman–Crippen MR) is 54.0 cm³/mol. The molecule has 0 bridgehead atoms. The molecule has 0 fully saturated rings. The molecule has 0 unspecified atom stereocenters. The number of esters is 1. The van der Waals surface area contributed by atoms with Gasteiger partial charge in [0.05, 0.1) is 13.7 Å². The fourth-order valence-electron chi connectivity index (χ4n) is 1.05. The van der Waals surface area contributed by atoms with Crippen molar-refractivity contribution in [1.82, 2.24) is 0 Å². The zero-order valence-corrected chi connectivity index (χ0v) is 8.80. The summed E-state index contributed by atoms with van der Waals surface area (Å²) < 4.78 is 9.86. The average Bonchev–Trinajstić information content (AvgIpc) is 2.17. The molecular weight excluding hydrogens is 204 g/mol. The van der Waals surface area contributed by atoms with Crippen LogP contribution in [0.3, 0.4) is 0 Å². The fraction of sp³-hybridized carbons (Fsp3) is 0.300. The summed E-state index contributed by atoms with van der Waals surface area (Å²) in [5.41, 5.74) is 0.388. The van der Waals surface area contributed by atoms with Gasteiger partial charge in [-0.1, -0.05) is 11.6 Å². The zero-order valence-electron chi connectivity index (χ0n) is 8.04. The highest BCUT2D eigenvalue weighted by atomic mass is 35.5. The van der Waals surface area contributed by atoms with E-state index in [0.717, 1.165) is 0 Å². The SMILES string of the molecule is CCOc1cc(Cl)ccc1C(=O)OC. The summed E-state index contributed by atoms with van der Waals surface area (Å²) >= 11 is 5.77. The van der Waals surface area contributed by atoms with Crippen LogP contribution in [0.4, 0.5) is 0 Å². The molecule has 0 spiro atoms. The summed E-state index contributed by atoms with van der Waals surface area (Å²) in [4.78, 5) is 11.3. The van der Waals surface area contributed by atoms with Crippen molar-refractivity contribution in [1.29, 1.82) is 0 Å². The van der Waals surface area contributed by atoms with E-state index in [2.05, 4.69) is 4.74 Å². The predicted octanol–water partition coefficient (Wildman–Crippen LogP) is 2.53. The number of methoxy groups -OCH3 is 1. The van der Waals surface area contributed by atoms with Gasteiger partial charge in [-0.15, -0.1) is 0 Å². The van der Waals surface area contributed by atoms with Crippen LogP contribution in [0.15, 0.2) is 18.2 Å². The van der Waals surface area contributed by atoms with Crippen molar-refractivity contribution >= 4 is 17.6 Å². The Morgan fingerprint density at radius 1 is 1.50 bits per heavy atom. The number of ether oxygens (including phenoxy) is 2. The highest BCUT2D eigenvalue weighted by Gasteiger charge is 2.12. The Kier molecular flexibility index (Phi) is 3.77. The number of carbonyl (C=O) groups excluding carboxylic acids is 1. The van der Waals surface area contributed by atoms with Gasteiger partial charge in [-0.05, 0) is 25.1 Å². The molecule has 76 valence electrons. The smallest absolute Gasteiger partial charge is 0.341 e. The number of benzene rings is 1. The third kappa shape index (κ3) is 2.39. The minimum Gasteiger partial charge on any atom is -0.493 e. The molecule has 3 nitrogen and oxygen atoms in total. The maximum atomic E-state index is 11.3. The lowest BCUT2D eigenvalue weighted by atomic mass is 10.2. The average molecular weight is 215 g/mol. The van der Waals surface area contributed by atoms with Gasteiger partial charge < -0.3 is 9.47 Å². The first-order valence-corrected chi connectivity index (χ1v) is 4.57. The molecule has 0 atom stereocenters. The summed E-state index contributed by atoms with van der Waals surface area (Å²) in [6.07, 6.45) is 0. The van der Waals surface area contributed by atoms with Crippen molar-refractivity contribution in [3.05, 3.63) is 28.8 Å². The van der Waals surface area contributed by atoms with Crippen LogP contribution in [0.25, 0.3) is 0 Å². The Morgan fingerprint density at radius 2 is 2.21 bits per heavy atom. The highest BCUT2D eigenvalue weighted by molar-refractivity contribution is 6.30. The second-order valence-electron chi connectivity index (χ2n) is 2.57. The monoisotopic (exact) mass is 214 g/mol. The minimum absolute atomic E-state index is 0.388. The Bertz CT molecular complexity index is 336. The molecule has 0 aliphatic carbocycles. The third-order valence-electron chi connectivity index (χ3n) is 1.65. The molecule has 0 radical (unpaired) electrons. The molecular formula is C10H11ClO3. The second-order valence-corrected chi connectivity index (χ2v) is 3.00. The molecule has 14 heavy (non-hydrogen) atoms. The summed E-state index contributed by atoms with van der Waals surface area (Å²) in [6.45, 7) is 2.31. The minimum atomic E-state index is -0.426. The van der Waals surface area contributed by atoms with Crippen LogP contribution in [-0.4, -0.2) is 19.7 Å². The van der Waals surface area contributed by atoms with Gasteiger partial charge in [-0.2, -0.15) is 0 Å². The second kappa shape index (κ2) is 4.86. The van der Waals surface area contributed by atoms with Crippen molar-refractivity contribution in [2.75, 3.05) is 13.7 Å². The van der Waals surface area contributed by atoms with Crippen molar-refractivity contribution in [3.63, 3.8) is 0 Å². The number of rotatable bonds is 3. The lowest BCUT2D eigenvalue weighted by Crippen LogP contribution is -2.05. The van der Waals surface area contributed by atoms with E-state index in [1.807, 2.05) is 6.92 Å². The summed E-state index contributed by atoms with van der Waals surface area (Å²) in [6, 6.07) is 4.80. The Labute approximate surface area is 87.6 Å². The molecule has 0 saturated heterocycles. The van der Waals surface area contributed by atoms with Crippen LogP contribution in [0.5, 0.6) is 5.75 Å². The van der Waals surface area contributed by atoms with Crippen LogP contribution in [0.1, 0.15) is 17.3 Å². The van der Waals surface area contributed by atoms with E-state index in [1.165, 1.54) is 7.11 Å². The van der Waals surface area contributed by atoms with Gasteiger partial charge in [0, 0.05) is 5.02 Å². The third-order valence-corrected chi connectivity index (χ3v) is 1.88. The van der Waals surface area contributed by atoms with Gasteiger partial charge in [0.2, 0.25) is 0 Å². The van der Waals surface area contributed by atoms with Crippen LogP contribution in [0.2, 0.25) is 5.02 Å². The van der Waals surface area contributed by atoms with Gasteiger partial charge in [0.25, 0.3) is 0 Å². The van der Waals surface area contributed by atoms with Crippen LogP contribution < -0.4 is 4.74 Å². The van der Waals surface area contributed by atoms with Gasteiger partial charge in [0.15, 0.2) is 0 Å². The molecule has 1 aromatic rings. The van der Waals surface area contributed by atoms with Crippen LogP contribution >= 0.6 is 11.6 Å². The molecule has 0 saturated carbocycles. The molecule has 4 heteroatoms. The number of halogens is 1. The van der Waals surface area contributed by atoms with Gasteiger partial charge in [0.1, 0.15) is 11.3 Å². The lowest BCUT2D eigenvalue weighted by Gasteiger charge is -2.08. The summed E-state index contributed by atoms with van der Waals surface area (Å²) in [7, 11) is 1.33. The lowest BCUT2D eigenvalue weighted by molar-refractivity contribution is 0.0596. The van der Waals surface area contributed by atoms with Gasteiger partial charge in [-0.25, -0.2) is 4.79 Å². The maximum Gasteiger partial charge on any atom is 0.341 e. The largest absolute Gasteiger partial charge is 0.493 e. The molecule has 0 heterocycles. The molecule has 0 amide bonds. The van der Waals surface area contributed by atoms with Gasteiger partial charge >= 0.3 is 5.97 Å². The summed E-state index contributed by atoms with van der Waals surface area (Å²) in [5.74, 6) is 0.0250. The molecule has 0 aliphatic heterocycles. The van der Waals surface area contributed by atoms with Crippen molar-refractivity contribution < 1.29 is 14.3 Å². The van der Waals surface area contributed by atoms with Crippen LogP contribution in [0, 0.1) is 0 Å². The molecule has 1 rings (SSSR count). The quantitative estimate of drug-likeness (QED) is 0.726. The number of carbonyl (C=O) groups is 1. The van der Waals surface area contributed by atoms with Crippen LogP contribution in [-0.2, 0) is 4.74 Å². The van der Waals surface area contributed by atoms with Crippen molar-refractivity contribution in [2.45, 2.75) is 6.92 Å². The topological polar surface area (TPSA) is 35.5 Å². The summed E-state index contributed by atoms with van der Waals surface area (Å²) in [5, 5.41) is 0.529. The van der Waals surface area contributed by atoms with Gasteiger partial charge in [-0.3, -0.25) is 0 Å². The van der Waals surface area contributed by atoms with E-state index >= 15 is 0 Å². The van der Waals surface area contributed by atoms with E-state index in [-0.39, 0.29) is 0 Å². The Balaban J connectivity index is 3.07. The van der Waals surface area contributed by atoms with Crippen molar-refractivity contribution in [2.24, 2.45) is 0 Å². The van der Waals surface area contributed by atoms with E-state index < -0.39 is 5.97 Å². The van der Waals surface area contributed by atoms with E-state index in [4.69, 9.17) is 16.3 Å². The maximum absolute atomic E-state index is 11.3. The fourth-order valence-corrected chi connectivity index (χ4v) is 1.21. The molecule has 1 aromatic carbocycles. The van der Waals surface area contributed by atoms with E-state index in [9.17, 15) is 4.79 Å². The van der Waals surface area contributed by atoms with Crippen molar-refractivity contribution in [3.8, 4) is 5.75 Å². The van der Waals surface area contributed by atoms with E-state index in [0.29, 0.717) is 22.9 Å². The number of hydrogen-bond donors (Lipinski definition) is 0. The molecule has 0 N–H and O–H groups in total. The first-order chi connectivity index (χ1) is 6.69. The standard InChI is InChI=1S/C10H11ClO3/c1-3-14-9-6-7(11)4-5-8(9)10(12)13-2/h4-6H,3H2,1-2H3. The highest BCUT2D eigenvalue weighted by Crippen LogP contribution is 2.23. The normalized spacial score (nSPS) is 9.64. The Morgan fingerprint density at radius 3 is 2.79 bits per heavy atom. The Hall–Kier alpha value is -1.22. The molecule has 0 aliphatic rings. The zero-order chi connectivity index (χ0) is 10.6. The molecule has 0 aromatic heterocycles.